The summed E-state index contributed by atoms with van der Waals surface area (Å²) in [4.78, 5) is 26.4. The second-order valence-corrected chi connectivity index (χ2v) is 7.24. The molecule has 2 atom stereocenters. The van der Waals surface area contributed by atoms with Gasteiger partial charge >= 0.3 is 5.97 Å². The van der Waals surface area contributed by atoms with Crippen LogP contribution in [0.5, 0.6) is 0 Å². The molecule has 0 bridgehead atoms. The van der Waals surface area contributed by atoms with Crippen molar-refractivity contribution < 1.29 is 19.4 Å². The molecule has 0 saturated carbocycles. The quantitative estimate of drug-likeness (QED) is 0.885. The van der Waals surface area contributed by atoms with Crippen molar-refractivity contribution >= 4 is 34.6 Å². The Morgan fingerprint density at radius 2 is 2.19 bits per heavy atom. The summed E-state index contributed by atoms with van der Waals surface area (Å²) in [6.45, 7) is 2.83. The van der Waals surface area contributed by atoms with E-state index in [0.717, 1.165) is 41.2 Å². The molecular weight excluding hydrogens is 354 g/mol. The second-order valence-electron chi connectivity index (χ2n) is 6.71. The average Bonchev–Trinajstić information content (AvgIpc) is 3.28. The van der Waals surface area contributed by atoms with E-state index >= 15 is 0 Å². The molecule has 136 valence electrons. The molecule has 7 nitrogen and oxygen atoms in total. The maximum atomic E-state index is 12.8. The van der Waals surface area contributed by atoms with Gasteiger partial charge in [0.2, 0.25) is 5.91 Å². The highest BCUT2D eigenvalue weighted by Gasteiger charge is 2.37. The summed E-state index contributed by atoms with van der Waals surface area (Å²) in [5.41, 5.74) is 3.06. The molecule has 1 amide bonds. The first-order valence-electron chi connectivity index (χ1n) is 8.63. The van der Waals surface area contributed by atoms with E-state index in [1.165, 1.54) is 0 Å². The first-order chi connectivity index (χ1) is 12.5. The Morgan fingerprint density at radius 1 is 1.38 bits per heavy atom. The number of ether oxygens (including phenoxy) is 1. The van der Waals surface area contributed by atoms with Crippen molar-refractivity contribution in [3.63, 3.8) is 0 Å². The monoisotopic (exact) mass is 373 g/mol. The number of amides is 1. The fourth-order valence-electron chi connectivity index (χ4n) is 3.81. The number of nitrogens with zero attached hydrogens (tertiary/aromatic N) is 3. The van der Waals surface area contributed by atoms with Crippen molar-refractivity contribution in [2.24, 2.45) is 0 Å². The van der Waals surface area contributed by atoms with Gasteiger partial charge in [-0.15, -0.1) is 0 Å². The highest BCUT2D eigenvalue weighted by molar-refractivity contribution is 7.00. The number of carbonyl (C=O) groups is 2. The highest BCUT2D eigenvalue weighted by atomic mass is 32.1. The molecule has 26 heavy (non-hydrogen) atoms. The second kappa shape index (κ2) is 6.77. The molecule has 2 aliphatic rings. The third-order valence-corrected chi connectivity index (χ3v) is 5.70. The van der Waals surface area contributed by atoms with Gasteiger partial charge in [-0.2, -0.15) is 8.75 Å². The van der Waals surface area contributed by atoms with Crippen molar-refractivity contribution in [2.75, 3.05) is 13.2 Å². The topological polar surface area (TPSA) is 92.6 Å². The predicted octanol–water partition coefficient (Wildman–Crippen LogP) is 2.54. The van der Waals surface area contributed by atoms with Crippen LogP contribution in [0.1, 0.15) is 37.7 Å². The van der Waals surface area contributed by atoms with E-state index in [-0.39, 0.29) is 24.0 Å². The first-order valence-corrected chi connectivity index (χ1v) is 9.36. The Labute approximate surface area is 154 Å². The summed E-state index contributed by atoms with van der Waals surface area (Å²) in [5.74, 6) is -1.54. The molecule has 0 unspecified atom stereocenters. The maximum Gasteiger partial charge on any atom is 0.333 e. The lowest BCUT2D eigenvalue weighted by molar-refractivity contribution is -0.135. The van der Waals surface area contributed by atoms with Crippen LogP contribution in [0.15, 0.2) is 29.5 Å². The molecule has 0 spiro atoms. The zero-order valence-electron chi connectivity index (χ0n) is 14.3. The summed E-state index contributed by atoms with van der Waals surface area (Å²) in [7, 11) is 0. The number of hydrogen-bond acceptors (Lipinski definition) is 6. The van der Waals surface area contributed by atoms with E-state index in [1.54, 1.807) is 11.8 Å². The number of rotatable bonds is 4. The van der Waals surface area contributed by atoms with E-state index in [0.29, 0.717) is 18.8 Å². The Hall–Kier alpha value is -2.32. The number of fused-ring (bicyclic) bond motifs is 1. The van der Waals surface area contributed by atoms with Crippen molar-refractivity contribution in [2.45, 2.75) is 38.2 Å². The number of hydrogen-bond donors (Lipinski definition) is 1. The van der Waals surface area contributed by atoms with Crippen LogP contribution >= 0.6 is 11.7 Å². The van der Waals surface area contributed by atoms with Crippen LogP contribution in [0.3, 0.4) is 0 Å². The van der Waals surface area contributed by atoms with Crippen LogP contribution in [-0.2, 0) is 14.3 Å². The van der Waals surface area contributed by atoms with E-state index in [4.69, 9.17) is 4.74 Å². The van der Waals surface area contributed by atoms with Crippen LogP contribution in [0, 0.1) is 0 Å². The third-order valence-electron chi connectivity index (χ3n) is 5.14. The molecule has 3 heterocycles. The molecule has 0 aliphatic carbocycles. The Kier molecular flexibility index (Phi) is 4.46. The summed E-state index contributed by atoms with van der Waals surface area (Å²) >= 11 is 1.12. The first kappa shape index (κ1) is 17.1. The summed E-state index contributed by atoms with van der Waals surface area (Å²) in [6.07, 6.45) is 1.99. The zero-order valence-corrected chi connectivity index (χ0v) is 15.2. The van der Waals surface area contributed by atoms with Gasteiger partial charge in [-0.3, -0.25) is 4.79 Å². The Balaban J connectivity index is 1.71. The predicted molar refractivity (Wildman–Crippen MR) is 95.8 cm³/mol. The zero-order chi connectivity index (χ0) is 18.3. The number of carbonyl (C=O) groups excluding carboxylic acids is 1. The van der Waals surface area contributed by atoms with Crippen molar-refractivity contribution in [1.29, 1.82) is 0 Å². The summed E-state index contributed by atoms with van der Waals surface area (Å²) < 4.78 is 14.0. The van der Waals surface area contributed by atoms with E-state index in [1.807, 2.05) is 18.2 Å². The minimum atomic E-state index is -0.992. The number of benzene rings is 1. The molecule has 1 aromatic heterocycles. The Bertz CT molecular complexity index is 901. The van der Waals surface area contributed by atoms with Gasteiger partial charge in [0, 0.05) is 24.6 Å². The van der Waals surface area contributed by atoms with Gasteiger partial charge in [-0.1, -0.05) is 6.07 Å². The molecule has 1 saturated heterocycles. The van der Waals surface area contributed by atoms with Gasteiger partial charge < -0.3 is 14.7 Å². The molecule has 1 aromatic carbocycles. The standard InChI is InChI=1S/C18H19N3O4S/c1-10-17(18(23)24)13(11-4-5-14-15(7-11)20-26-19-14)8-16(22)21(10)9-12-3-2-6-25-12/h4-5,7,12-13H,2-3,6,8-9H2,1H3,(H,23,24)/t12-,13-/m1/s1. The molecular formula is C18H19N3O4S. The molecule has 2 aromatic rings. The number of aromatic nitrogens is 2. The number of carboxylic acids is 1. The van der Waals surface area contributed by atoms with Crippen molar-refractivity contribution in [3.8, 4) is 0 Å². The van der Waals surface area contributed by atoms with Gasteiger partial charge in [-0.25, -0.2) is 4.79 Å². The smallest absolute Gasteiger partial charge is 0.333 e. The lowest BCUT2D eigenvalue weighted by atomic mass is 9.83. The summed E-state index contributed by atoms with van der Waals surface area (Å²) in [5, 5.41) is 9.83. The van der Waals surface area contributed by atoms with E-state index < -0.39 is 11.9 Å². The van der Waals surface area contributed by atoms with Gasteiger partial charge in [0.25, 0.3) is 0 Å². The van der Waals surface area contributed by atoms with Crippen LogP contribution in [0.25, 0.3) is 11.0 Å². The molecule has 2 aliphatic heterocycles. The lowest BCUT2D eigenvalue weighted by Gasteiger charge is -2.35. The molecule has 0 radical (unpaired) electrons. The van der Waals surface area contributed by atoms with Crippen LogP contribution in [0.4, 0.5) is 0 Å². The maximum absolute atomic E-state index is 12.8. The minimum absolute atomic E-state index is 0.0158. The molecule has 1 N–H and O–H groups in total. The van der Waals surface area contributed by atoms with Gasteiger partial charge in [0.15, 0.2) is 0 Å². The van der Waals surface area contributed by atoms with Crippen LogP contribution in [-0.4, -0.2) is 49.9 Å². The van der Waals surface area contributed by atoms with Gasteiger partial charge in [0.05, 0.1) is 30.0 Å². The molecule has 8 heteroatoms. The number of allylic oxidation sites excluding steroid dienone is 1. The third kappa shape index (κ3) is 2.99. The largest absolute Gasteiger partial charge is 0.478 e. The normalized spacial score (nSPS) is 23.9. The summed E-state index contributed by atoms with van der Waals surface area (Å²) in [6, 6.07) is 5.50. The molecule has 1 fully saturated rings. The lowest BCUT2D eigenvalue weighted by Crippen LogP contribution is -2.41. The fourth-order valence-corrected chi connectivity index (χ4v) is 4.32. The highest BCUT2D eigenvalue weighted by Crippen LogP contribution is 2.37. The van der Waals surface area contributed by atoms with E-state index in [9.17, 15) is 14.7 Å². The van der Waals surface area contributed by atoms with Crippen LogP contribution < -0.4 is 0 Å². The average molecular weight is 373 g/mol. The van der Waals surface area contributed by atoms with Gasteiger partial charge in [0.1, 0.15) is 11.0 Å². The number of aliphatic carboxylic acids is 1. The van der Waals surface area contributed by atoms with E-state index in [2.05, 4.69) is 8.75 Å². The fraction of sp³-hybridized carbons (Fsp3) is 0.444. The number of carboxylic acid groups (broad SMARTS) is 1. The van der Waals surface area contributed by atoms with Crippen molar-refractivity contribution in [1.82, 2.24) is 13.6 Å². The van der Waals surface area contributed by atoms with Crippen LogP contribution in [0.2, 0.25) is 0 Å². The minimum Gasteiger partial charge on any atom is -0.478 e. The SMILES string of the molecule is CC1=C(C(=O)O)[C@@H](c2ccc3nsnc3c2)CC(=O)N1C[C@H]1CCCO1. The molecule has 4 rings (SSSR count). The Morgan fingerprint density at radius 3 is 2.92 bits per heavy atom. The van der Waals surface area contributed by atoms with Crippen molar-refractivity contribution in [3.05, 3.63) is 35.0 Å². The van der Waals surface area contributed by atoms with Gasteiger partial charge in [-0.05, 0) is 37.5 Å².